The first-order chi connectivity index (χ1) is 12.3. The van der Waals surface area contributed by atoms with Crippen molar-refractivity contribution in [2.24, 2.45) is 5.73 Å². The Morgan fingerprint density at radius 2 is 1.69 bits per heavy atom. The van der Waals surface area contributed by atoms with Crippen LogP contribution in [0.2, 0.25) is 0 Å². The summed E-state index contributed by atoms with van der Waals surface area (Å²) < 4.78 is 40.5. The molecular weight excluding hydrogens is 345 g/mol. The molecule has 0 unspecified atom stereocenters. The van der Waals surface area contributed by atoms with Crippen molar-refractivity contribution in [3.8, 4) is 23.0 Å². The van der Waals surface area contributed by atoms with Gasteiger partial charge in [-0.3, -0.25) is 4.79 Å². The molecule has 0 aliphatic heterocycles. The number of alkyl halides is 3. The van der Waals surface area contributed by atoms with Gasteiger partial charge in [-0.25, -0.2) is 4.68 Å². The lowest BCUT2D eigenvalue weighted by Crippen LogP contribution is -2.11. The topological polar surface area (TPSA) is 84.7 Å². The average molecular weight is 356 g/mol. The molecule has 1 aromatic heterocycles. The highest BCUT2D eigenvalue weighted by atomic mass is 19.4. The van der Waals surface area contributed by atoms with Crippen LogP contribution >= 0.6 is 0 Å². The van der Waals surface area contributed by atoms with Gasteiger partial charge in [0.05, 0.1) is 23.0 Å². The van der Waals surface area contributed by atoms with E-state index in [1.54, 1.807) is 12.1 Å². The molecule has 0 aliphatic rings. The lowest BCUT2D eigenvalue weighted by molar-refractivity contribution is -0.141. The Balaban J connectivity index is 2.14. The summed E-state index contributed by atoms with van der Waals surface area (Å²) in [5.74, 6) is -0.639. The van der Waals surface area contributed by atoms with E-state index < -0.39 is 17.8 Å². The van der Waals surface area contributed by atoms with Crippen molar-refractivity contribution in [2.45, 2.75) is 6.18 Å². The quantitative estimate of drug-likeness (QED) is 0.779. The largest absolute Gasteiger partial charge is 0.435 e. The number of carbonyl (C=O) groups is 1. The van der Waals surface area contributed by atoms with Crippen LogP contribution in [-0.4, -0.2) is 15.7 Å². The average Bonchev–Trinajstić information content (AvgIpc) is 3.07. The van der Waals surface area contributed by atoms with E-state index in [0.29, 0.717) is 16.8 Å². The summed E-state index contributed by atoms with van der Waals surface area (Å²) in [7, 11) is 0. The molecule has 0 radical (unpaired) electrons. The number of nitrogens with zero attached hydrogens (tertiary/aromatic N) is 3. The standard InChI is InChI=1S/C18H11F3N4O/c19-18(20,21)16-9-15(12-3-1-11(10-22)2-4-12)25(24-16)14-7-5-13(6-8-14)17(23)26/h1-9H,(H2,23,26). The van der Waals surface area contributed by atoms with Crippen LogP contribution in [0, 0.1) is 11.3 Å². The van der Waals surface area contributed by atoms with Gasteiger partial charge in [-0.2, -0.15) is 23.5 Å². The molecule has 2 aromatic carbocycles. The molecule has 0 aliphatic carbocycles. The Morgan fingerprint density at radius 1 is 1.08 bits per heavy atom. The molecule has 2 N–H and O–H groups in total. The van der Waals surface area contributed by atoms with E-state index in [9.17, 15) is 18.0 Å². The summed E-state index contributed by atoms with van der Waals surface area (Å²) in [6.45, 7) is 0. The Morgan fingerprint density at radius 3 is 2.19 bits per heavy atom. The Kier molecular flexibility index (Phi) is 4.22. The second-order valence-electron chi connectivity index (χ2n) is 5.42. The van der Waals surface area contributed by atoms with Crippen molar-refractivity contribution in [1.82, 2.24) is 9.78 Å². The van der Waals surface area contributed by atoms with Crippen molar-refractivity contribution in [2.75, 3.05) is 0 Å². The predicted molar refractivity (Wildman–Crippen MR) is 87.2 cm³/mol. The van der Waals surface area contributed by atoms with Crippen LogP contribution in [0.4, 0.5) is 13.2 Å². The van der Waals surface area contributed by atoms with E-state index in [1.807, 2.05) is 6.07 Å². The van der Waals surface area contributed by atoms with E-state index in [-0.39, 0.29) is 11.3 Å². The van der Waals surface area contributed by atoms with Crippen molar-refractivity contribution in [3.63, 3.8) is 0 Å². The normalized spacial score (nSPS) is 11.2. The van der Waals surface area contributed by atoms with E-state index in [4.69, 9.17) is 11.0 Å². The van der Waals surface area contributed by atoms with Gasteiger partial charge >= 0.3 is 6.18 Å². The van der Waals surface area contributed by atoms with E-state index in [2.05, 4.69) is 5.10 Å². The SMILES string of the molecule is N#Cc1ccc(-c2cc(C(F)(F)F)nn2-c2ccc(C(N)=O)cc2)cc1. The second kappa shape index (κ2) is 6.37. The number of carbonyl (C=O) groups excluding carboxylic acids is 1. The molecule has 0 atom stereocenters. The molecule has 0 saturated carbocycles. The van der Waals surface area contributed by atoms with Crippen LogP contribution in [0.3, 0.4) is 0 Å². The number of rotatable bonds is 3. The zero-order valence-corrected chi connectivity index (χ0v) is 13.2. The number of hydrogen-bond acceptors (Lipinski definition) is 3. The smallest absolute Gasteiger partial charge is 0.366 e. The first-order valence-corrected chi connectivity index (χ1v) is 7.37. The van der Waals surface area contributed by atoms with Crippen molar-refractivity contribution in [3.05, 3.63) is 71.4 Å². The fraction of sp³-hybridized carbons (Fsp3) is 0.0556. The summed E-state index contributed by atoms with van der Waals surface area (Å²) in [6.07, 6.45) is -4.61. The molecule has 1 heterocycles. The van der Waals surface area contributed by atoms with Crippen molar-refractivity contribution in [1.29, 1.82) is 5.26 Å². The molecule has 3 aromatic rings. The highest BCUT2D eigenvalue weighted by Gasteiger charge is 2.35. The first kappa shape index (κ1) is 17.2. The molecule has 5 nitrogen and oxygen atoms in total. The van der Waals surface area contributed by atoms with E-state index in [0.717, 1.165) is 10.7 Å². The lowest BCUT2D eigenvalue weighted by atomic mass is 10.1. The van der Waals surface area contributed by atoms with Gasteiger partial charge in [-0.15, -0.1) is 0 Å². The second-order valence-corrected chi connectivity index (χ2v) is 5.42. The minimum Gasteiger partial charge on any atom is -0.366 e. The van der Waals surface area contributed by atoms with Crippen LogP contribution in [0.1, 0.15) is 21.6 Å². The van der Waals surface area contributed by atoms with Gasteiger partial charge in [0.2, 0.25) is 5.91 Å². The Bertz CT molecular complexity index is 997. The minimum absolute atomic E-state index is 0.202. The predicted octanol–water partition coefficient (Wildman–Crippen LogP) is 3.53. The maximum absolute atomic E-state index is 13.1. The zero-order valence-electron chi connectivity index (χ0n) is 13.2. The molecule has 8 heteroatoms. The van der Waals surface area contributed by atoms with Crippen molar-refractivity contribution < 1.29 is 18.0 Å². The van der Waals surface area contributed by atoms with Crippen LogP contribution in [0.25, 0.3) is 16.9 Å². The number of primary amides is 1. The third-order valence-corrected chi connectivity index (χ3v) is 3.71. The molecule has 0 saturated heterocycles. The number of nitriles is 1. The lowest BCUT2D eigenvalue weighted by Gasteiger charge is -2.08. The van der Waals surface area contributed by atoms with Gasteiger partial charge in [-0.05, 0) is 42.5 Å². The summed E-state index contributed by atoms with van der Waals surface area (Å²) in [5, 5.41) is 12.5. The van der Waals surface area contributed by atoms with Gasteiger partial charge in [0, 0.05) is 11.1 Å². The van der Waals surface area contributed by atoms with Crippen LogP contribution in [-0.2, 0) is 6.18 Å². The van der Waals surface area contributed by atoms with E-state index >= 15 is 0 Å². The fourth-order valence-electron chi connectivity index (χ4n) is 2.40. The van der Waals surface area contributed by atoms with Crippen molar-refractivity contribution >= 4 is 5.91 Å². The van der Waals surface area contributed by atoms with Crippen LogP contribution in [0.5, 0.6) is 0 Å². The maximum atomic E-state index is 13.1. The maximum Gasteiger partial charge on any atom is 0.435 e. The monoisotopic (exact) mass is 356 g/mol. The number of halogens is 3. The van der Waals surface area contributed by atoms with Crippen LogP contribution < -0.4 is 5.73 Å². The number of amides is 1. The van der Waals surface area contributed by atoms with Gasteiger partial charge in [0.25, 0.3) is 0 Å². The zero-order chi connectivity index (χ0) is 18.9. The number of hydrogen-bond donors (Lipinski definition) is 1. The molecule has 26 heavy (non-hydrogen) atoms. The molecule has 130 valence electrons. The first-order valence-electron chi connectivity index (χ1n) is 7.37. The summed E-state index contributed by atoms with van der Waals surface area (Å²) in [4.78, 5) is 11.2. The van der Waals surface area contributed by atoms with Gasteiger partial charge in [0.1, 0.15) is 0 Å². The highest BCUT2D eigenvalue weighted by Crippen LogP contribution is 2.33. The molecule has 0 spiro atoms. The number of nitrogens with two attached hydrogens (primary N) is 1. The minimum atomic E-state index is -4.61. The number of aromatic nitrogens is 2. The molecule has 0 bridgehead atoms. The number of benzene rings is 2. The van der Waals surface area contributed by atoms with Gasteiger partial charge in [-0.1, -0.05) is 12.1 Å². The molecular formula is C18H11F3N4O. The molecule has 3 rings (SSSR count). The van der Waals surface area contributed by atoms with Gasteiger partial charge < -0.3 is 5.73 Å². The fourth-order valence-corrected chi connectivity index (χ4v) is 2.40. The molecule has 0 fully saturated rings. The Labute approximate surface area is 146 Å². The van der Waals surface area contributed by atoms with Gasteiger partial charge in [0.15, 0.2) is 5.69 Å². The summed E-state index contributed by atoms with van der Waals surface area (Å²) in [6, 6.07) is 14.7. The third-order valence-electron chi connectivity index (χ3n) is 3.71. The molecule has 1 amide bonds. The summed E-state index contributed by atoms with van der Waals surface area (Å²) >= 11 is 0. The Hall–Kier alpha value is -3.60. The van der Waals surface area contributed by atoms with Crippen LogP contribution in [0.15, 0.2) is 54.6 Å². The third kappa shape index (κ3) is 3.28. The summed E-state index contributed by atoms with van der Waals surface area (Å²) in [5.41, 5.74) is 5.76. The highest BCUT2D eigenvalue weighted by molar-refractivity contribution is 5.92. The van der Waals surface area contributed by atoms with E-state index in [1.165, 1.54) is 36.4 Å².